The average Bonchev–Trinajstić information content (AvgIpc) is 2.47. The lowest BCUT2D eigenvalue weighted by Gasteiger charge is -2.30. The van der Waals surface area contributed by atoms with Gasteiger partial charge in [-0.05, 0) is 40.0 Å². The molecule has 1 N–H and O–H groups in total. The number of rotatable bonds is 1. The van der Waals surface area contributed by atoms with Crippen molar-refractivity contribution in [3.63, 3.8) is 0 Å². The molecule has 1 aromatic rings. The van der Waals surface area contributed by atoms with Gasteiger partial charge in [-0.25, -0.2) is 4.98 Å². The second kappa shape index (κ2) is 3.63. The molecule has 0 saturated carbocycles. The van der Waals surface area contributed by atoms with Crippen LogP contribution in [0, 0.1) is 0 Å². The van der Waals surface area contributed by atoms with E-state index in [-0.39, 0.29) is 5.54 Å². The van der Waals surface area contributed by atoms with Crippen LogP contribution >= 0.6 is 11.3 Å². The molecule has 1 aliphatic carbocycles. The fourth-order valence-corrected chi connectivity index (χ4v) is 2.93. The molecule has 0 unspecified atom stereocenters. The summed E-state index contributed by atoms with van der Waals surface area (Å²) >= 11 is 1.80. The smallest absolute Gasteiger partial charge is 0.0797 e. The minimum absolute atomic E-state index is 0.229. The molecule has 1 heterocycles. The van der Waals surface area contributed by atoms with Crippen LogP contribution in [0.2, 0.25) is 0 Å². The average molecular weight is 210 g/mol. The first-order valence-electron chi connectivity index (χ1n) is 5.23. The van der Waals surface area contributed by atoms with Gasteiger partial charge in [0.25, 0.3) is 0 Å². The Labute approximate surface area is 89.8 Å². The van der Waals surface area contributed by atoms with Crippen LogP contribution in [0.3, 0.4) is 0 Å². The van der Waals surface area contributed by atoms with E-state index >= 15 is 0 Å². The van der Waals surface area contributed by atoms with Crippen molar-refractivity contribution in [3.05, 3.63) is 16.1 Å². The molecule has 0 spiro atoms. The Morgan fingerprint density at radius 3 is 3.00 bits per heavy atom. The first kappa shape index (κ1) is 10.1. The van der Waals surface area contributed by atoms with E-state index in [1.54, 1.807) is 11.3 Å². The Balaban J connectivity index is 2.01. The number of hydrogen-bond acceptors (Lipinski definition) is 3. The van der Waals surface area contributed by atoms with Crippen LogP contribution in [0.5, 0.6) is 0 Å². The lowest BCUT2D eigenvalue weighted by Crippen LogP contribution is -2.45. The van der Waals surface area contributed by atoms with Crippen LogP contribution < -0.4 is 5.32 Å². The van der Waals surface area contributed by atoms with E-state index in [4.69, 9.17) is 0 Å². The predicted molar refractivity (Wildman–Crippen MR) is 60.8 cm³/mol. The van der Waals surface area contributed by atoms with Crippen LogP contribution in [0.1, 0.15) is 37.8 Å². The molecule has 78 valence electrons. The highest BCUT2D eigenvalue weighted by Crippen LogP contribution is 2.24. The van der Waals surface area contributed by atoms with Gasteiger partial charge in [-0.3, -0.25) is 0 Å². The number of aromatic nitrogens is 1. The van der Waals surface area contributed by atoms with Crippen molar-refractivity contribution in [3.8, 4) is 0 Å². The molecule has 0 saturated heterocycles. The lowest BCUT2D eigenvalue weighted by atomic mass is 9.95. The van der Waals surface area contributed by atoms with Crippen molar-refractivity contribution in [1.82, 2.24) is 10.3 Å². The summed E-state index contributed by atoms with van der Waals surface area (Å²) in [7, 11) is 0. The third kappa shape index (κ3) is 2.34. The zero-order chi connectivity index (χ0) is 10.2. The van der Waals surface area contributed by atoms with Gasteiger partial charge in [0, 0.05) is 16.5 Å². The topological polar surface area (TPSA) is 24.9 Å². The maximum absolute atomic E-state index is 4.38. The summed E-state index contributed by atoms with van der Waals surface area (Å²) in [4.78, 5) is 5.86. The zero-order valence-electron chi connectivity index (χ0n) is 9.13. The van der Waals surface area contributed by atoms with Crippen molar-refractivity contribution >= 4 is 11.3 Å². The van der Waals surface area contributed by atoms with Gasteiger partial charge in [0.05, 0.1) is 11.2 Å². The van der Waals surface area contributed by atoms with Gasteiger partial charge in [0.2, 0.25) is 0 Å². The van der Waals surface area contributed by atoms with Gasteiger partial charge in [0.1, 0.15) is 0 Å². The van der Waals surface area contributed by atoms with Crippen LogP contribution in [0.25, 0.3) is 0 Å². The van der Waals surface area contributed by atoms with Gasteiger partial charge >= 0.3 is 0 Å². The largest absolute Gasteiger partial charge is 0.309 e. The Morgan fingerprint density at radius 2 is 2.29 bits per heavy atom. The van der Waals surface area contributed by atoms with E-state index in [9.17, 15) is 0 Å². The van der Waals surface area contributed by atoms with E-state index < -0.39 is 0 Å². The highest BCUT2D eigenvalue weighted by molar-refractivity contribution is 7.09. The summed E-state index contributed by atoms with van der Waals surface area (Å²) in [5, 5.41) is 3.67. The number of hydrogen-bond donors (Lipinski definition) is 1. The third-order valence-corrected chi connectivity index (χ3v) is 3.42. The molecule has 0 amide bonds. The minimum atomic E-state index is 0.229. The summed E-state index contributed by atoms with van der Waals surface area (Å²) in [5.41, 5.74) is 3.54. The zero-order valence-corrected chi connectivity index (χ0v) is 9.95. The summed E-state index contributed by atoms with van der Waals surface area (Å²) in [6.45, 7) is 6.69. The maximum atomic E-state index is 4.38. The van der Waals surface area contributed by atoms with Crippen molar-refractivity contribution in [1.29, 1.82) is 0 Å². The molecule has 0 fully saturated rings. The van der Waals surface area contributed by atoms with Crippen LogP contribution in [0.15, 0.2) is 5.51 Å². The number of fused-ring (bicyclic) bond motifs is 1. The Kier molecular flexibility index (Phi) is 2.62. The summed E-state index contributed by atoms with van der Waals surface area (Å²) in [6.07, 6.45) is 3.54. The molecular weight excluding hydrogens is 192 g/mol. The molecular formula is C11H18N2S. The van der Waals surface area contributed by atoms with Crippen molar-refractivity contribution in [2.24, 2.45) is 0 Å². The fourth-order valence-electron chi connectivity index (χ4n) is 2.04. The van der Waals surface area contributed by atoms with Crippen molar-refractivity contribution < 1.29 is 0 Å². The maximum Gasteiger partial charge on any atom is 0.0797 e. The van der Waals surface area contributed by atoms with Crippen LogP contribution in [-0.2, 0) is 12.8 Å². The second-order valence-corrected chi connectivity index (χ2v) is 6.00. The number of nitrogens with zero attached hydrogens (tertiary/aromatic N) is 1. The lowest BCUT2D eigenvalue weighted by molar-refractivity contribution is 0.336. The number of nitrogens with one attached hydrogen (secondary N) is 1. The Bertz CT molecular complexity index is 311. The Hall–Kier alpha value is -0.410. The summed E-state index contributed by atoms with van der Waals surface area (Å²) in [6, 6.07) is 0.642. The van der Waals surface area contributed by atoms with Gasteiger partial charge in [-0.1, -0.05) is 0 Å². The van der Waals surface area contributed by atoms with Crippen molar-refractivity contribution in [2.45, 2.75) is 51.6 Å². The first-order chi connectivity index (χ1) is 6.54. The molecule has 0 aromatic carbocycles. The predicted octanol–water partition coefficient (Wildman–Crippen LogP) is 2.39. The molecule has 0 radical (unpaired) electrons. The molecule has 2 rings (SSSR count). The monoisotopic (exact) mass is 210 g/mol. The second-order valence-electron chi connectivity index (χ2n) is 5.06. The molecule has 1 atom stereocenters. The van der Waals surface area contributed by atoms with E-state index in [0.29, 0.717) is 6.04 Å². The normalized spacial score (nSPS) is 22.1. The summed E-state index contributed by atoms with van der Waals surface area (Å²) in [5.74, 6) is 0. The highest BCUT2D eigenvalue weighted by atomic mass is 32.1. The Morgan fingerprint density at radius 1 is 1.50 bits per heavy atom. The van der Waals surface area contributed by atoms with Crippen LogP contribution in [0.4, 0.5) is 0 Å². The number of aryl methyl sites for hydroxylation is 1. The molecule has 14 heavy (non-hydrogen) atoms. The van der Waals surface area contributed by atoms with Gasteiger partial charge in [-0.15, -0.1) is 11.3 Å². The van der Waals surface area contributed by atoms with Gasteiger partial charge in [-0.2, -0.15) is 0 Å². The minimum Gasteiger partial charge on any atom is -0.309 e. The van der Waals surface area contributed by atoms with E-state index in [2.05, 4.69) is 31.1 Å². The van der Waals surface area contributed by atoms with E-state index in [1.807, 2.05) is 5.51 Å². The third-order valence-electron chi connectivity index (χ3n) is 2.52. The SMILES string of the molecule is CC(C)(C)N[C@H]1CCc2ncsc2C1. The molecule has 0 bridgehead atoms. The van der Waals surface area contributed by atoms with Crippen molar-refractivity contribution in [2.75, 3.05) is 0 Å². The quantitative estimate of drug-likeness (QED) is 0.770. The fraction of sp³-hybridized carbons (Fsp3) is 0.727. The number of thiazole rings is 1. The van der Waals surface area contributed by atoms with Gasteiger partial charge in [0.15, 0.2) is 0 Å². The molecule has 1 aromatic heterocycles. The highest BCUT2D eigenvalue weighted by Gasteiger charge is 2.23. The summed E-state index contributed by atoms with van der Waals surface area (Å²) < 4.78 is 0. The molecule has 3 heteroatoms. The molecule has 1 aliphatic rings. The first-order valence-corrected chi connectivity index (χ1v) is 6.11. The molecule has 0 aliphatic heterocycles. The molecule has 2 nitrogen and oxygen atoms in total. The van der Waals surface area contributed by atoms with E-state index in [1.165, 1.54) is 17.0 Å². The standard InChI is InChI=1S/C11H18N2S/c1-11(2,3)13-8-4-5-9-10(6-8)14-7-12-9/h7-8,13H,4-6H2,1-3H3/t8-/m0/s1. The van der Waals surface area contributed by atoms with E-state index in [0.717, 1.165) is 12.8 Å². The van der Waals surface area contributed by atoms with Gasteiger partial charge < -0.3 is 5.32 Å². The van der Waals surface area contributed by atoms with Crippen LogP contribution in [-0.4, -0.2) is 16.6 Å².